The molecule has 1 saturated heterocycles. The molecule has 1 heterocycles. The third-order valence-electron chi connectivity index (χ3n) is 12.8. The van der Waals surface area contributed by atoms with Crippen LogP contribution in [0.1, 0.15) is 239 Å². The van der Waals surface area contributed by atoms with E-state index in [0.29, 0.717) is 19.3 Å². The van der Waals surface area contributed by atoms with Crippen LogP contribution in [-0.2, 0) is 42.9 Å². The van der Waals surface area contributed by atoms with Crippen molar-refractivity contribution in [3.8, 4) is 0 Å². The zero-order chi connectivity index (χ0) is 53.3. The molecule has 6 atom stereocenters. The fourth-order valence-electron chi connectivity index (χ4n) is 8.36. The third-order valence-corrected chi connectivity index (χ3v) is 12.8. The summed E-state index contributed by atoms with van der Waals surface area (Å²) in [5.74, 6) is -3.24. The fraction of sp³-hybridized carbons (Fsp3) is 0.738. The van der Waals surface area contributed by atoms with Crippen molar-refractivity contribution in [3.05, 3.63) is 72.9 Å². The Hall–Kier alpha value is -3.84. The molecule has 1 fully saturated rings. The SMILES string of the molecule is CC/C=C\C/C=C\C/C=C\C/C=C\CCC(=O)OCC(COC1OC(C(=O)O)C(O)C(O)C1OC(=O)CCCCCCCCCCCCCCCCCCC)OC(=O)CCCCCCC/C=C\C/C=C\CCC. The molecule has 0 saturated carbocycles. The van der Waals surface area contributed by atoms with Gasteiger partial charge in [-0.3, -0.25) is 14.4 Å². The molecule has 1 rings (SSSR count). The second-order valence-electron chi connectivity index (χ2n) is 19.5. The zero-order valence-electron chi connectivity index (χ0n) is 45.9. The maximum Gasteiger partial charge on any atom is 0.335 e. The molecule has 0 aromatic heterocycles. The lowest BCUT2D eigenvalue weighted by Crippen LogP contribution is -2.61. The van der Waals surface area contributed by atoms with Gasteiger partial charge < -0.3 is 39.0 Å². The summed E-state index contributed by atoms with van der Waals surface area (Å²) in [6, 6.07) is 0. The van der Waals surface area contributed by atoms with Crippen LogP contribution in [0.5, 0.6) is 0 Å². The van der Waals surface area contributed by atoms with Gasteiger partial charge in [0.05, 0.1) is 6.61 Å². The van der Waals surface area contributed by atoms with E-state index in [9.17, 15) is 34.5 Å². The number of aliphatic carboxylic acids is 1. The van der Waals surface area contributed by atoms with Gasteiger partial charge in [-0.25, -0.2) is 4.79 Å². The second kappa shape index (κ2) is 49.1. The summed E-state index contributed by atoms with van der Waals surface area (Å²) >= 11 is 0. The van der Waals surface area contributed by atoms with Crippen molar-refractivity contribution in [2.75, 3.05) is 13.2 Å². The van der Waals surface area contributed by atoms with E-state index in [1.165, 1.54) is 77.0 Å². The molecule has 3 N–H and O–H groups in total. The molecule has 6 unspecified atom stereocenters. The predicted molar refractivity (Wildman–Crippen MR) is 294 cm³/mol. The second-order valence-corrected chi connectivity index (χ2v) is 19.5. The average Bonchev–Trinajstić information content (AvgIpc) is 3.37. The van der Waals surface area contributed by atoms with E-state index in [0.717, 1.165) is 103 Å². The lowest BCUT2D eigenvalue weighted by atomic mass is 9.98. The standard InChI is InChI=1S/C61H102O12/c1-4-7-10-13-16-19-22-25-26-27-28-31-34-37-40-43-46-49-55(64)72-59-57(66)56(65)58(60(67)68)73-61(59)70-51-52(71-54(63)48-45-42-39-36-33-30-24-21-18-15-12-9-6-3)50-69-53(62)47-44-41-38-35-32-29-23-20-17-14-11-8-5-2/h8,11-12,15,17,20-21,24,29,32,38,41,52,56-59,61,65-66H,4-7,9-10,13-14,16,18-19,22-23,25-28,30-31,33-37,39-40,42-51H2,1-3H3,(H,67,68)/b11-8-,15-12-,20-17-,24-21-,32-29-,41-38-. The number of rotatable bonds is 48. The van der Waals surface area contributed by atoms with Crippen molar-refractivity contribution >= 4 is 23.9 Å². The number of hydrogen-bond donors (Lipinski definition) is 3. The van der Waals surface area contributed by atoms with E-state index in [1.54, 1.807) is 0 Å². The normalized spacial score (nSPS) is 18.8. The summed E-state index contributed by atoms with van der Waals surface area (Å²) in [7, 11) is 0. The summed E-state index contributed by atoms with van der Waals surface area (Å²) in [5, 5.41) is 31.4. The Morgan fingerprint density at radius 3 is 1.42 bits per heavy atom. The first-order valence-electron chi connectivity index (χ1n) is 28.9. The number of ether oxygens (including phenoxy) is 5. The lowest BCUT2D eigenvalue weighted by Gasteiger charge is -2.40. The molecule has 0 spiro atoms. The average molecular weight is 1030 g/mol. The molecule has 1 aliphatic heterocycles. The maximum atomic E-state index is 13.1. The van der Waals surface area contributed by atoms with Gasteiger partial charge in [-0.1, -0.05) is 222 Å². The number of allylic oxidation sites excluding steroid dienone is 12. The van der Waals surface area contributed by atoms with Crippen molar-refractivity contribution < 1.29 is 58.2 Å². The van der Waals surface area contributed by atoms with Gasteiger partial charge in [-0.15, -0.1) is 0 Å². The number of carboxylic acid groups (broad SMARTS) is 1. The number of carboxylic acids is 1. The van der Waals surface area contributed by atoms with Crippen LogP contribution >= 0.6 is 0 Å². The maximum absolute atomic E-state index is 13.1. The first kappa shape index (κ1) is 67.2. The van der Waals surface area contributed by atoms with Crippen LogP contribution in [0, 0.1) is 0 Å². The number of carbonyl (C=O) groups is 4. The zero-order valence-corrected chi connectivity index (χ0v) is 45.9. The summed E-state index contributed by atoms with van der Waals surface area (Å²) in [5.41, 5.74) is 0. The van der Waals surface area contributed by atoms with E-state index >= 15 is 0 Å². The van der Waals surface area contributed by atoms with Gasteiger partial charge in [0.1, 0.15) is 18.8 Å². The molecule has 418 valence electrons. The van der Waals surface area contributed by atoms with E-state index in [-0.39, 0.29) is 25.9 Å². The highest BCUT2D eigenvalue weighted by atomic mass is 16.7. The Bertz CT molecular complexity index is 1550. The van der Waals surface area contributed by atoms with Crippen molar-refractivity contribution in [1.29, 1.82) is 0 Å². The first-order valence-corrected chi connectivity index (χ1v) is 28.9. The summed E-state index contributed by atoms with van der Waals surface area (Å²) in [4.78, 5) is 51.0. The minimum absolute atomic E-state index is 0.0537. The molecular weight excluding hydrogens is 925 g/mol. The summed E-state index contributed by atoms with van der Waals surface area (Å²) in [6.07, 6.45) is 48.9. The van der Waals surface area contributed by atoms with E-state index < -0.39 is 67.3 Å². The van der Waals surface area contributed by atoms with Crippen molar-refractivity contribution in [2.45, 2.75) is 276 Å². The number of aliphatic hydroxyl groups excluding tert-OH is 2. The Labute approximate surface area is 442 Å². The van der Waals surface area contributed by atoms with E-state index in [2.05, 4.69) is 81.5 Å². The molecule has 0 aliphatic carbocycles. The van der Waals surface area contributed by atoms with Gasteiger partial charge >= 0.3 is 23.9 Å². The van der Waals surface area contributed by atoms with E-state index in [1.807, 2.05) is 12.2 Å². The van der Waals surface area contributed by atoms with Gasteiger partial charge in [-0.2, -0.15) is 0 Å². The molecule has 73 heavy (non-hydrogen) atoms. The smallest absolute Gasteiger partial charge is 0.335 e. The number of carbonyl (C=O) groups excluding carboxylic acids is 3. The quantitative estimate of drug-likeness (QED) is 0.0228. The first-order chi connectivity index (χ1) is 35.6. The van der Waals surface area contributed by atoms with E-state index in [4.69, 9.17) is 23.7 Å². The van der Waals surface area contributed by atoms with Crippen molar-refractivity contribution in [1.82, 2.24) is 0 Å². The monoisotopic (exact) mass is 1030 g/mol. The number of unbranched alkanes of at least 4 members (excludes halogenated alkanes) is 22. The predicted octanol–water partition coefficient (Wildman–Crippen LogP) is 14.6. The number of hydrogen-bond acceptors (Lipinski definition) is 11. The highest BCUT2D eigenvalue weighted by Crippen LogP contribution is 2.26. The Morgan fingerprint density at radius 1 is 0.466 bits per heavy atom. The van der Waals surface area contributed by atoms with Crippen LogP contribution in [0.25, 0.3) is 0 Å². The Kier molecular flexibility index (Phi) is 45.1. The van der Waals surface area contributed by atoms with Crippen LogP contribution in [0.15, 0.2) is 72.9 Å². The van der Waals surface area contributed by atoms with Gasteiger partial charge in [-0.05, 0) is 70.6 Å². The molecule has 0 aromatic rings. The van der Waals surface area contributed by atoms with Gasteiger partial charge in [0, 0.05) is 19.3 Å². The van der Waals surface area contributed by atoms with Crippen LogP contribution < -0.4 is 0 Å². The summed E-state index contributed by atoms with van der Waals surface area (Å²) < 4.78 is 28.3. The molecular formula is C61H102O12. The molecule has 1 aliphatic rings. The van der Waals surface area contributed by atoms with Crippen LogP contribution in [0.4, 0.5) is 0 Å². The van der Waals surface area contributed by atoms with Crippen LogP contribution in [0.2, 0.25) is 0 Å². The van der Waals surface area contributed by atoms with Gasteiger partial charge in [0.2, 0.25) is 0 Å². The third kappa shape index (κ3) is 39.3. The number of aliphatic hydroxyl groups is 2. The largest absolute Gasteiger partial charge is 0.479 e. The fourth-order valence-corrected chi connectivity index (χ4v) is 8.36. The number of esters is 3. The Balaban J connectivity index is 2.72. The van der Waals surface area contributed by atoms with Crippen LogP contribution in [-0.4, -0.2) is 89.2 Å². The minimum atomic E-state index is -1.91. The van der Waals surface area contributed by atoms with Crippen molar-refractivity contribution in [2.24, 2.45) is 0 Å². The highest BCUT2D eigenvalue weighted by molar-refractivity contribution is 5.74. The van der Waals surface area contributed by atoms with Gasteiger partial charge in [0.15, 0.2) is 24.6 Å². The van der Waals surface area contributed by atoms with Gasteiger partial charge in [0.25, 0.3) is 0 Å². The highest BCUT2D eigenvalue weighted by Gasteiger charge is 2.50. The Morgan fingerprint density at radius 2 is 0.918 bits per heavy atom. The molecule has 12 nitrogen and oxygen atoms in total. The summed E-state index contributed by atoms with van der Waals surface area (Å²) in [6.45, 7) is 5.74. The minimum Gasteiger partial charge on any atom is -0.479 e. The van der Waals surface area contributed by atoms with Crippen LogP contribution in [0.3, 0.4) is 0 Å². The van der Waals surface area contributed by atoms with Crippen molar-refractivity contribution in [3.63, 3.8) is 0 Å². The molecule has 0 radical (unpaired) electrons. The molecule has 12 heteroatoms. The molecule has 0 bridgehead atoms. The topological polar surface area (TPSA) is 175 Å². The lowest BCUT2D eigenvalue weighted by molar-refractivity contribution is -0.301. The molecule has 0 amide bonds. The molecule has 0 aromatic carbocycles.